The highest BCUT2D eigenvalue weighted by molar-refractivity contribution is 5.86. The lowest BCUT2D eigenvalue weighted by Gasteiger charge is -2.09. The largest absolute Gasteiger partial charge is 0.486 e. The van der Waals surface area contributed by atoms with E-state index in [0.717, 1.165) is 18.4 Å². The second kappa shape index (κ2) is 6.01. The number of carboxylic acids is 1. The van der Waals surface area contributed by atoms with Gasteiger partial charge >= 0.3 is 5.97 Å². The smallest absolute Gasteiger partial charge is 0.354 e. The lowest BCUT2D eigenvalue weighted by Crippen LogP contribution is -2.12. The van der Waals surface area contributed by atoms with Crippen LogP contribution in [0.25, 0.3) is 0 Å². The third kappa shape index (κ3) is 3.72. The Balaban J connectivity index is 1.76. The first-order valence-electron chi connectivity index (χ1n) is 7.17. The number of carbonyl (C=O) groups is 1. The SMILES string of the molecule is Cc1cccc(OCc2nc(NC3CC3)cc(C(=O)O)n2)c1. The molecule has 0 aliphatic heterocycles. The first kappa shape index (κ1) is 14.3. The fraction of sp³-hybridized carbons (Fsp3) is 0.312. The van der Waals surface area contributed by atoms with Crippen molar-refractivity contribution in [2.75, 3.05) is 5.32 Å². The monoisotopic (exact) mass is 299 g/mol. The van der Waals surface area contributed by atoms with Gasteiger partial charge in [-0.15, -0.1) is 0 Å². The van der Waals surface area contributed by atoms with Crippen molar-refractivity contribution in [3.05, 3.63) is 47.4 Å². The molecule has 1 aromatic carbocycles. The maximum Gasteiger partial charge on any atom is 0.354 e. The van der Waals surface area contributed by atoms with Gasteiger partial charge in [-0.3, -0.25) is 0 Å². The van der Waals surface area contributed by atoms with Crippen LogP contribution >= 0.6 is 0 Å². The number of benzene rings is 1. The number of rotatable bonds is 6. The van der Waals surface area contributed by atoms with Crippen LogP contribution in [-0.4, -0.2) is 27.1 Å². The van der Waals surface area contributed by atoms with E-state index < -0.39 is 5.97 Å². The van der Waals surface area contributed by atoms with E-state index in [1.54, 1.807) is 0 Å². The summed E-state index contributed by atoms with van der Waals surface area (Å²) in [6, 6.07) is 9.48. The fourth-order valence-electron chi connectivity index (χ4n) is 2.04. The van der Waals surface area contributed by atoms with Gasteiger partial charge in [0.2, 0.25) is 0 Å². The Morgan fingerprint density at radius 1 is 1.36 bits per heavy atom. The number of hydrogen-bond donors (Lipinski definition) is 2. The van der Waals surface area contributed by atoms with Crippen LogP contribution in [-0.2, 0) is 6.61 Å². The molecular weight excluding hydrogens is 282 g/mol. The van der Waals surface area contributed by atoms with Gasteiger partial charge in [0.15, 0.2) is 11.5 Å². The minimum Gasteiger partial charge on any atom is -0.486 e. The average Bonchev–Trinajstić information content (AvgIpc) is 3.29. The summed E-state index contributed by atoms with van der Waals surface area (Å²) in [7, 11) is 0. The number of nitrogens with zero attached hydrogens (tertiary/aromatic N) is 2. The minimum absolute atomic E-state index is 0.0269. The first-order chi connectivity index (χ1) is 10.6. The highest BCUT2D eigenvalue weighted by Gasteiger charge is 2.22. The zero-order chi connectivity index (χ0) is 15.5. The van der Waals surface area contributed by atoms with E-state index in [9.17, 15) is 4.79 Å². The van der Waals surface area contributed by atoms with Gasteiger partial charge in [0.05, 0.1) is 0 Å². The molecule has 0 radical (unpaired) electrons. The number of aromatic carboxylic acids is 1. The molecule has 114 valence electrons. The molecule has 0 amide bonds. The lowest BCUT2D eigenvalue weighted by molar-refractivity contribution is 0.0689. The van der Waals surface area contributed by atoms with Crippen LogP contribution in [0.3, 0.4) is 0 Å². The zero-order valence-electron chi connectivity index (χ0n) is 12.2. The Kier molecular flexibility index (Phi) is 3.91. The average molecular weight is 299 g/mol. The van der Waals surface area contributed by atoms with Crippen LogP contribution in [0, 0.1) is 6.92 Å². The van der Waals surface area contributed by atoms with E-state index >= 15 is 0 Å². The van der Waals surface area contributed by atoms with E-state index in [0.29, 0.717) is 23.4 Å². The molecule has 22 heavy (non-hydrogen) atoms. The number of carboxylic acid groups (broad SMARTS) is 1. The summed E-state index contributed by atoms with van der Waals surface area (Å²) in [6.45, 7) is 2.11. The highest BCUT2D eigenvalue weighted by atomic mass is 16.5. The molecule has 1 fully saturated rings. The third-order valence-electron chi connectivity index (χ3n) is 3.28. The second-order valence-corrected chi connectivity index (χ2v) is 5.38. The molecule has 1 saturated carbocycles. The Hall–Kier alpha value is -2.63. The van der Waals surface area contributed by atoms with Crippen molar-refractivity contribution in [1.29, 1.82) is 0 Å². The van der Waals surface area contributed by atoms with E-state index in [4.69, 9.17) is 9.84 Å². The number of anilines is 1. The molecule has 0 atom stereocenters. The van der Waals surface area contributed by atoms with Gasteiger partial charge in [-0.25, -0.2) is 14.8 Å². The summed E-state index contributed by atoms with van der Waals surface area (Å²) in [5.41, 5.74) is 1.06. The molecule has 0 unspecified atom stereocenters. The number of hydrogen-bond acceptors (Lipinski definition) is 5. The molecule has 0 bridgehead atoms. The third-order valence-corrected chi connectivity index (χ3v) is 3.28. The van der Waals surface area contributed by atoms with Gasteiger partial charge in [-0.1, -0.05) is 12.1 Å². The van der Waals surface area contributed by atoms with Gasteiger partial charge in [-0.05, 0) is 37.5 Å². The fourth-order valence-corrected chi connectivity index (χ4v) is 2.04. The lowest BCUT2D eigenvalue weighted by atomic mass is 10.2. The normalized spacial score (nSPS) is 13.7. The Morgan fingerprint density at radius 2 is 2.18 bits per heavy atom. The van der Waals surface area contributed by atoms with Crippen molar-refractivity contribution >= 4 is 11.8 Å². The van der Waals surface area contributed by atoms with Crippen LogP contribution in [0.2, 0.25) is 0 Å². The molecule has 1 aromatic heterocycles. The van der Waals surface area contributed by atoms with E-state index in [1.165, 1.54) is 6.07 Å². The van der Waals surface area contributed by atoms with Crippen LogP contribution < -0.4 is 10.1 Å². The van der Waals surface area contributed by atoms with Crippen molar-refractivity contribution in [3.8, 4) is 5.75 Å². The van der Waals surface area contributed by atoms with Crippen LogP contribution in [0.15, 0.2) is 30.3 Å². The van der Waals surface area contributed by atoms with Gasteiger partial charge < -0.3 is 15.2 Å². The predicted molar refractivity (Wildman–Crippen MR) is 81.1 cm³/mol. The van der Waals surface area contributed by atoms with Crippen LogP contribution in [0.5, 0.6) is 5.75 Å². The molecule has 1 aliphatic carbocycles. The second-order valence-electron chi connectivity index (χ2n) is 5.38. The summed E-state index contributed by atoms with van der Waals surface area (Å²) >= 11 is 0. The van der Waals surface area contributed by atoms with Crippen molar-refractivity contribution in [2.24, 2.45) is 0 Å². The summed E-state index contributed by atoms with van der Waals surface area (Å²) in [5, 5.41) is 12.3. The van der Waals surface area contributed by atoms with Crippen molar-refractivity contribution in [1.82, 2.24) is 9.97 Å². The standard InChI is InChI=1S/C16H17N3O3/c1-10-3-2-4-12(7-10)22-9-15-18-13(16(20)21)8-14(19-15)17-11-5-6-11/h2-4,7-8,11H,5-6,9H2,1H3,(H,20,21)(H,17,18,19). The zero-order valence-corrected chi connectivity index (χ0v) is 12.2. The summed E-state index contributed by atoms with van der Waals surface area (Å²) in [4.78, 5) is 19.5. The predicted octanol–water partition coefficient (Wildman–Crippen LogP) is 2.64. The molecule has 1 aliphatic rings. The van der Waals surface area contributed by atoms with Gasteiger partial charge in [0, 0.05) is 12.1 Å². The Morgan fingerprint density at radius 3 is 2.86 bits per heavy atom. The molecule has 6 heteroatoms. The van der Waals surface area contributed by atoms with Crippen LogP contribution in [0.1, 0.15) is 34.7 Å². The summed E-state index contributed by atoms with van der Waals surface area (Å²) in [5.74, 6) is 0.529. The molecule has 3 rings (SSSR count). The first-order valence-corrected chi connectivity index (χ1v) is 7.17. The quantitative estimate of drug-likeness (QED) is 0.853. The summed E-state index contributed by atoms with van der Waals surface area (Å²) in [6.07, 6.45) is 2.17. The van der Waals surface area contributed by atoms with Gasteiger partial charge in [0.1, 0.15) is 18.2 Å². The summed E-state index contributed by atoms with van der Waals surface area (Å²) < 4.78 is 5.64. The van der Waals surface area contributed by atoms with Crippen LogP contribution in [0.4, 0.5) is 5.82 Å². The van der Waals surface area contributed by atoms with E-state index in [2.05, 4.69) is 15.3 Å². The topological polar surface area (TPSA) is 84.3 Å². The number of aromatic nitrogens is 2. The molecule has 1 heterocycles. The number of nitrogens with one attached hydrogen (secondary N) is 1. The highest BCUT2D eigenvalue weighted by Crippen LogP contribution is 2.24. The minimum atomic E-state index is -1.07. The molecule has 0 saturated heterocycles. The Bertz CT molecular complexity index is 699. The van der Waals surface area contributed by atoms with E-state index in [-0.39, 0.29) is 12.3 Å². The van der Waals surface area contributed by atoms with Gasteiger partial charge in [0.25, 0.3) is 0 Å². The molecular formula is C16H17N3O3. The van der Waals surface area contributed by atoms with Crippen molar-refractivity contribution in [3.63, 3.8) is 0 Å². The number of aryl methyl sites for hydroxylation is 1. The molecule has 0 spiro atoms. The van der Waals surface area contributed by atoms with Crippen molar-refractivity contribution < 1.29 is 14.6 Å². The van der Waals surface area contributed by atoms with Crippen molar-refractivity contribution in [2.45, 2.75) is 32.4 Å². The van der Waals surface area contributed by atoms with E-state index in [1.807, 2.05) is 31.2 Å². The maximum atomic E-state index is 11.2. The maximum absolute atomic E-state index is 11.2. The Labute approximate surface area is 128 Å². The molecule has 2 aromatic rings. The number of ether oxygens (including phenoxy) is 1. The molecule has 6 nitrogen and oxygen atoms in total. The molecule has 2 N–H and O–H groups in total. The van der Waals surface area contributed by atoms with Gasteiger partial charge in [-0.2, -0.15) is 0 Å².